The van der Waals surface area contributed by atoms with E-state index in [4.69, 9.17) is 5.41 Å². The Morgan fingerprint density at radius 1 is 0.827 bits per heavy atom. The van der Waals surface area contributed by atoms with Crippen LogP contribution < -0.4 is 35.7 Å². The van der Waals surface area contributed by atoms with Gasteiger partial charge in [0.1, 0.15) is 36.9 Å². The van der Waals surface area contributed by atoms with E-state index in [1.807, 2.05) is 18.7 Å². The number of benzene rings is 1. The van der Waals surface area contributed by atoms with Crippen molar-refractivity contribution in [3.8, 4) is 0 Å². The highest BCUT2D eigenvalue weighted by Crippen LogP contribution is 2.40. The molecule has 3 aromatic rings. The van der Waals surface area contributed by atoms with E-state index in [1.165, 1.54) is 49.7 Å². The molecular formula is C39H62N10O3+2. The SMILES string of the molecule is CCCCC(C)(C)Cc1ccc(C[n+]2ccn(CCCNC(=O)NC(=N)NC(=O)NC(=O)NCCC[n+]3ccn(C(C)(CC)CC4CC4)c3)c2)cc1. The fraction of sp³-hybridized carbons (Fsp3) is 0.590. The molecule has 0 radical (unpaired) electrons. The van der Waals surface area contributed by atoms with Crippen molar-refractivity contribution in [2.75, 3.05) is 13.1 Å². The van der Waals surface area contributed by atoms with Crippen LogP contribution in [0.5, 0.6) is 0 Å². The zero-order valence-corrected chi connectivity index (χ0v) is 32.0. The van der Waals surface area contributed by atoms with Gasteiger partial charge < -0.3 is 10.6 Å². The Labute approximate surface area is 309 Å². The second kappa shape index (κ2) is 19.2. The van der Waals surface area contributed by atoms with Crippen molar-refractivity contribution in [2.45, 2.75) is 124 Å². The number of nitrogens with zero attached hydrogens (tertiary/aromatic N) is 4. The third-order valence-electron chi connectivity index (χ3n) is 9.99. The van der Waals surface area contributed by atoms with E-state index < -0.39 is 24.1 Å². The van der Waals surface area contributed by atoms with Gasteiger partial charge in [0.15, 0.2) is 0 Å². The Morgan fingerprint density at radius 3 is 2.17 bits per heavy atom. The lowest BCUT2D eigenvalue weighted by atomic mass is 9.81. The zero-order valence-electron chi connectivity index (χ0n) is 32.0. The Hall–Kier alpha value is -4.68. The van der Waals surface area contributed by atoms with Gasteiger partial charge in [-0.25, -0.2) is 32.7 Å². The molecule has 0 bridgehead atoms. The van der Waals surface area contributed by atoms with Crippen LogP contribution in [-0.4, -0.2) is 46.3 Å². The molecule has 4 rings (SSSR count). The summed E-state index contributed by atoms with van der Waals surface area (Å²) in [6, 6.07) is 6.70. The summed E-state index contributed by atoms with van der Waals surface area (Å²) >= 11 is 0. The molecule has 13 nitrogen and oxygen atoms in total. The van der Waals surface area contributed by atoms with Crippen molar-refractivity contribution in [2.24, 2.45) is 11.3 Å². The first kappa shape index (κ1) is 40.1. The van der Waals surface area contributed by atoms with Gasteiger partial charge in [-0.1, -0.05) is 77.6 Å². The van der Waals surface area contributed by atoms with Crippen molar-refractivity contribution in [3.05, 3.63) is 72.8 Å². The predicted molar refractivity (Wildman–Crippen MR) is 202 cm³/mol. The van der Waals surface area contributed by atoms with Gasteiger partial charge in [-0.05, 0) is 55.1 Å². The summed E-state index contributed by atoms with van der Waals surface area (Å²) in [5.74, 6) is 0.305. The van der Waals surface area contributed by atoms with E-state index >= 15 is 0 Å². The van der Waals surface area contributed by atoms with Crippen molar-refractivity contribution in [1.82, 2.24) is 35.7 Å². The third kappa shape index (κ3) is 13.8. The fourth-order valence-corrected chi connectivity index (χ4v) is 6.56. The van der Waals surface area contributed by atoms with Crippen molar-refractivity contribution in [1.29, 1.82) is 5.41 Å². The number of carbonyl (C=O) groups excluding carboxylic acids is 3. The number of hydrogen-bond donors (Lipinski definition) is 6. The first-order valence-corrected chi connectivity index (χ1v) is 19.1. The van der Waals surface area contributed by atoms with Crippen LogP contribution in [0.25, 0.3) is 0 Å². The van der Waals surface area contributed by atoms with E-state index in [1.54, 1.807) is 0 Å². The molecule has 1 saturated carbocycles. The Kier molecular flexibility index (Phi) is 14.8. The zero-order chi connectivity index (χ0) is 37.6. The summed E-state index contributed by atoms with van der Waals surface area (Å²) in [7, 11) is 0. The molecule has 0 saturated heterocycles. The molecule has 1 aliphatic carbocycles. The molecule has 1 atom stereocenters. The maximum atomic E-state index is 12.2. The van der Waals surface area contributed by atoms with Gasteiger partial charge >= 0.3 is 18.1 Å². The van der Waals surface area contributed by atoms with Crippen molar-refractivity contribution >= 4 is 24.1 Å². The summed E-state index contributed by atoms with van der Waals surface area (Å²) in [5, 5.41) is 19.7. The average molecular weight is 719 g/mol. The summed E-state index contributed by atoms with van der Waals surface area (Å²) in [6.07, 6.45) is 23.5. The Bertz CT molecular complexity index is 1610. The van der Waals surface area contributed by atoms with Gasteiger partial charge in [-0.15, -0.1) is 0 Å². The summed E-state index contributed by atoms with van der Waals surface area (Å²) < 4.78 is 8.61. The summed E-state index contributed by atoms with van der Waals surface area (Å²) in [4.78, 5) is 36.5. The number of carbonyl (C=O) groups is 3. The van der Waals surface area contributed by atoms with E-state index in [9.17, 15) is 14.4 Å². The van der Waals surface area contributed by atoms with E-state index in [2.05, 4.69) is 122 Å². The second-order valence-electron chi connectivity index (χ2n) is 15.4. The minimum absolute atomic E-state index is 0.119. The normalized spacial score (nSPS) is 13.9. The number of unbranched alkanes of at least 4 members (excludes halogenated alkanes) is 1. The van der Waals surface area contributed by atoms with Gasteiger partial charge in [-0.3, -0.25) is 21.4 Å². The van der Waals surface area contributed by atoms with Gasteiger partial charge in [0, 0.05) is 25.9 Å². The molecule has 6 amide bonds. The van der Waals surface area contributed by atoms with E-state index in [0.29, 0.717) is 37.9 Å². The second-order valence-corrected chi connectivity index (χ2v) is 15.4. The van der Waals surface area contributed by atoms with Crippen LogP contribution in [0.4, 0.5) is 14.4 Å². The fourth-order valence-electron chi connectivity index (χ4n) is 6.56. The number of rotatable bonds is 19. The highest BCUT2D eigenvalue weighted by atomic mass is 16.2. The molecule has 1 aromatic carbocycles. The van der Waals surface area contributed by atoms with Crippen LogP contribution in [0.1, 0.15) is 104 Å². The van der Waals surface area contributed by atoms with E-state index in [0.717, 1.165) is 31.8 Å². The topological polar surface area (TPSA) is 153 Å². The lowest BCUT2D eigenvalue weighted by Crippen LogP contribution is -2.52. The molecule has 1 aliphatic rings. The van der Waals surface area contributed by atoms with Crippen LogP contribution in [0.3, 0.4) is 0 Å². The number of urea groups is 3. The lowest BCUT2D eigenvalue weighted by Gasteiger charge is -2.24. The number of guanidine groups is 1. The first-order valence-electron chi connectivity index (χ1n) is 19.1. The molecule has 13 heteroatoms. The lowest BCUT2D eigenvalue weighted by molar-refractivity contribution is -0.696. The highest BCUT2D eigenvalue weighted by Gasteiger charge is 2.36. The van der Waals surface area contributed by atoms with Crippen LogP contribution in [0.15, 0.2) is 61.7 Å². The third-order valence-corrected chi connectivity index (χ3v) is 9.99. The molecule has 284 valence electrons. The molecule has 2 heterocycles. The van der Waals surface area contributed by atoms with Crippen molar-refractivity contribution < 1.29 is 23.5 Å². The number of amides is 6. The summed E-state index contributed by atoms with van der Waals surface area (Å²) in [6.45, 7) is 14.5. The van der Waals surface area contributed by atoms with Crippen molar-refractivity contribution in [3.63, 3.8) is 0 Å². The van der Waals surface area contributed by atoms with Crippen LogP contribution >= 0.6 is 0 Å². The van der Waals surface area contributed by atoms with Gasteiger partial charge in [0.05, 0.1) is 13.1 Å². The Balaban J connectivity index is 1.04. The largest absolute Gasteiger partial charge is 0.338 e. The molecule has 6 N–H and O–H groups in total. The summed E-state index contributed by atoms with van der Waals surface area (Å²) in [5.41, 5.74) is 3.06. The van der Waals surface area contributed by atoms with Gasteiger partial charge in [-0.2, -0.15) is 0 Å². The quantitative estimate of drug-likeness (QED) is 0.0431. The standard InChI is InChI=1S/C39H60N10O3/c1-6-8-17-38(3,4)26-31-13-15-33(16-14-31)28-48-23-22-46(29-48)20-9-18-41-35(50)43-34(40)44-37(52)45-36(51)42-19-10-21-47-24-25-49(30-47)39(5,7-2)27-32-11-12-32/h13-16,22-25,29-30,32H,6-12,17-21,26-28H2,1-5H3,(H4-2,40,41,42,43,44,45,50,51,52)/p+2. The molecule has 2 aromatic heterocycles. The number of nitrogens with one attached hydrogen (secondary N) is 6. The molecule has 1 fully saturated rings. The smallest absolute Gasteiger partial charge is 0.329 e. The number of imidazole rings is 2. The number of imide groups is 1. The van der Waals surface area contributed by atoms with Crippen LogP contribution in [0, 0.1) is 16.7 Å². The average Bonchev–Trinajstić information content (AvgIpc) is 3.57. The van der Waals surface area contributed by atoms with Gasteiger partial charge in [0.25, 0.3) is 0 Å². The highest BCUT2D eigenvalue weighted by molar-refractivity contribution is 6.05. The molecule has 0 aliphatic heterocycles. The molecule has 1 unspecified atom stereocenters. The van der Waals surface area contributed by atoms with Crippen LogP contribution in [0.2, 0.25) is 0 Å². The molecule has 52 heavy (non-hydrogen) atoms. The number of aromatic nitrogens is 4. The predicted octanol–water partition coefficient (Wildman–Crippen LogP) is 5.32. The number of aryl methyl sites for hydroxylation is 2. The minimum Gasteiger partial charge on any atom is -0.338 e. The van der Waals surface area contributed by atoms with Crippen LogP contribution in [-0.2, 0) is 31.6 Å². The first-order chi connectivity index (χ1) is 24.9. The maximum absolute atomic E-state index is 12.2. The van der Waals surface area contributed by atoms with Gasteiger partial charge in [0.2, 0.25) is 18.6 Å². The Morgan fingerprint density at radius 2 is 1.48 bits per heavy atom. The number of hydrogen-bond acceptors (Lipinski definition) is 4. The maximum Gasteiger partial charge on any atom is 0.329 e. The minimum atomic E-state index is -0.910. The molecule has 0 spiro atoms. The van der Waals surface area contributed by atoms with E-state index in [-0.39, 0.29) is 5.54 Å². The molecular weight excluding hydrogens is 656 g/mol. The monoisotopic (exact) mass is 718 g/mol.